The van der Waals surface area contributed by atoms with Crippen molar-refractivity contribution in [2.75, 3.05) is 12.4 Å². The molecule has 0 spiro atoms. The third kappa shape index (κ3) is 2.13. The molecule has 1 aromatic carbocycles. The minimum absolute atomic E-state index is 0.278. The van der Waals surface area contributed by atoms with E-state index < -0.39 is 18.3 Å². The fourth-order valence-corrected chi connectivity index (χ4v) is 1.92. The maximum Gasteiger partial charge on any atom is 0.496 e. The summed E-state index contributed by atoms with van der Waals surface area (Å²) in [7, 11) is 1.28. The maximum atomic E-state index is 13.2. The molecule has 0 aromatic heterocycles. The molecular weight excluding hydrogens is 232 g/mol. The second-order valence-electron chi connectivity index (χ2n) is 5.57. The van der Waals surface area contributed by atoms with Gasteiger partial charge in [-0.05, 0) is 39.8 Å². The minimum atomic E-state index is -0.474. The van der Waals surface area contributed by atoms with Crippen molar-refractivity contribution in [2.45, 2.75) is 38.9 Å². The van der Waals surface area contributed by atoms with E-state index in [0.717, 1.165) is 5.46 Å². The highest BCUT2D eigenvalue weighted by Gasteiger charge is 2.52. The average Bonchev–Trinajstić information content (AvgIpc) is 2.47. The summed E-state index contributed by atoms with van der Waals surface area (Å²) in [5.74, 6) is -0.278. The van der Waals surface area contributed by atoms with Crippen LogP contribution < -0.4 is 10.8 Å². The Balaban J connectivity index is 2.35. The second-order valence-corrected chi connectivity index (χ2v) is 5.57. The van der Waals surface area contributed by atoms with Crippen LogP contribution in [0.15, 0.2) is 18.2 Å². The summed E-state index contributed by atoms with van der Waals surface area (Å²) >= 11 is 0. The predicted molar refractivity (Wildman–Crippen MR) is 71.7 cm³/mol. The zero-order chi connectivity index (χ0) is 13.6. The number of benzene rings is 1. The highest BCUT2D eigenvalue weighted by atomic mass is 19.1. The fraction of sp³-hybridized carbons (Fsp3) is 0.538. The molecule has 1 saturated heterocycles. The first-order valence-electron chi connectivity index (χ1n) is 6.10. The van der Waals surface area contributed by atoms with Gasteiger partial charge in [-0.1, -0.05) is 6.07 Å². The SMILES string of the molecule is CNc1cc(F)ccc1B1OC(C)(C)C(C)(C)O1. The first kappa shape index (κ1) is 13.4. The van der Waals surface area contributed by atoms with Crippen LogP contribution in [0, 0.1) is 5.82 Å². The normalized spacial score (nSPS) is 21.1. The number of anilines is 1. The summed E-state index contributed by atoms with van der Waals surface area (Å²) in [6, 6.07) is 4.56. The molecule has 5 heteroatoms. The molecule has 1 heterocycles. The van der Waals surface area contributed by atoms with Crippen molar-refractivity contribution >= 4 is 18.3 Å². The van der Waals surface area contributed by atoms with Crippen LogP contribution in [0.4, 0.5) is 10.1 Å². The Bertz CT molecular complexity index is 446. The lowest BCUT2D eigenvalue weighted by molar-refractivity contribution is 0.00578. The van der Waals surface area contributed by atoms with Gasteiger partial charge in [-0.25, -0.2) is 4.39 Å². The van der Waals surface area contributed by atoms with Crippen LogP contribution in [-0.4, -0.2) is 25.4 Å². The molecule has 1 fully saturated rings. The molecular formula is C13H19BFNO2. The quantitative estimate of drug-likeness (QED) is 0.817. The monoisotopic (exact) mass is 251 g/mol. The molecule has 98 valence electrons. The van der Waals surface area contributed by atoms with Crippen LogP contribution in [0.5, 0.6) is 0 Å². The van der Waals surface area contributed by atoms with E-state index in [1.165, 1.54) is 12.1 Å². The van der Waals surface area contributed by atoms with Crippen LogP contribution in [0.25, 0.3) is 0 Å². The van der Waals surface area contributed by atoms with E-state index in [1.54, 1.807) is 13.1 Å². The van der Waals surface area contributed by atoms with E-state index in [4.69, 9.17) is 9.31 Å². The summed E-state index contributed by atoms with van der Waals surface area (Å²) in [5.41, 5.74) is 0.722. The summed E-state index contributed by atoms with van der Waals surface area (Å²) in [6.45, 7) is 7.98. The van der Waals surface area contributed by atoms with Crippen LogP contribution in [0.3, 0.4) is 0 Å². The van der Waals surface area contributed by atoms with Crippen LogP contribution in [-0.2, 0) is 9.31 Å². The van der Waals surface area contributed by atoms with Crippen molar-refractivity contribution in [3.05, 3.63) is 24.0 Å². The van der Waals surface area contributed by atoms with Gasteiger partial charge in [-0.2, -0.15) is 0 Å². The molecule has 3 nitrogen and oxygen atoms in total. The van der Waals surface area contributed by atoms with Gasteiger partial charge in [0.25, 0.3) is 0 Å². The van der Waals surface area contributed by atoms with Gasteiger partial charge in [0.15, 0.2) is 0 Å². The van der Waals surface area contributed by atoms with E-state index >= 15 is 0 Å². The number of halogens is 1. The standard InChI is InChI=1S/C13H19BFNO2/c1-12(2)13(3,4)18-14(17-12)10-7-6-9(15)8-11(10)16-5/h6-8,16H,1-5H3. The molecule has 1 N–H and O–H groups in total. The predicted octanol–water partition coefficient (Wildman–Crippen LogP) is 2.17. The van der Waals surface area contributed by atoms with E-state index in [1.807, 2.05) is 27.7 Å². The minimum Gasteiger partial charge on any atom is -0.399 e. The van der Waals surface area contributed by atoms with Crippen molar-refractivity contribution in [2.24, 2.45) is 0 Å². The van der Waals surface area contributed by atoms with Crippen molar-refractivity contribution in [3.63, 3.8) is 0 Å². The van der Waals surface area contributed by atoms with E-state index in [-0.39, 0.29) is 5.82 Å². The number of nitrogens with one attached hydrogen (secondary N) is 1. The van der Waals surface area contributed by atoms with E-state index in [9.17, 15) is 4.39 Å². The molecule has 0 unspecified atom stereocenters. The van der Waals surface area contributed by atoms with Gasteiger partial charge < -0.3 is 14.6 Å². The Labute approximate surface area is 108 Å². The number of hydrogen-bond acceptors (Lipinski definition) is 3. The largest absolute Gasteiger partial charge is 0.496 e. The summed E-state index contributed by atoms with van der Waals surface area (Å²) < 4.78 is 25.1. The molecule has 0 atom stereocenters. The molecule has 1 aliphatic rings. The Morgan fingerprint density at radius 3 is 2.17 bits per heavy atom. The first-order valence-corrected chi connectivity index (χ1v) is 6.10. The van der Waals surface area contributed by atoms with Crippen molar-refractivity contribution < 1.29 is 13.7 Å². The molecule has 0 aliphatic carbocycles. The third-order valence-corrected chi connectivity index (χ3v) is 3.79. The molecule has 0 saturated carbocycles. The molecule has 18 heavy (non-hydrogen) atoms. The Kier molecular flexibility index (Phi) is 3.15. The Morgan fingerprint density at radius 1 is 1.11 bits per heavy atom. The van der Waals surface area contributed by atoms with Gasteiger partial charge in [0.1, 0.15) is 5.82 Å². The van der Waals surface area contributed by atoms with Crippen LogP contribution in [0.2, 0.25) is 0 Å². The first-order chi connectivity index (χ1) is 8.27. The van der Waals surface area contributed by atoms with Gasteiger partial charge in [0.2, 0.25) is 0 Å². The summed E-state index contributed by atoms with van der Waals surface area (Å²) in [5, 5.41) is 2.97. The highest BCUT2D eigenvalue weighted by Crippen LogP contribution is 2.36. The van der Waals surface area contributed by atoms with Gasteiger partial charge in [0, 0.05) is 18.2 Å². The lowest BCUT2D eigenvalue weighted by Crippen LogP contribution is -2.41. The zero-order valence-electron chi connectivity index (χ0n) is 11.5. The van der Waals surface area contributed by atoms with Gasteiger partial charge in [-0.15, -0.1) is 0 Å². The summed E-state index contributed by atoms with van der Waals surface area (Å²) in [6.07, 6.45) is 0. The van der Waals surface area contributed by atoms with Crippen molar-refractivity contribution in [1.29, 1.82) is 0 Å². The highest BCUT2D eigenvalue weighted by molar-refractivity contribution is 6.63. The van der Waals surface area contributed by atoms with E-state index in [0.29, 0.717) is 5.69 Å². The van der Waals surface area contributed by atoms with Crippen molar-refractivity contribution in [3.8, 4) is 0 Å². The Morgan fingerprint density at radius 2 is 1.67 bits per heavy atom. The van der Waals surface area contributed by atoms with Crippen LogP contribution >= 0.6 is 0 Å². The lowest BCUT2D eigenvalue weighted by Gasteiger charge is -2.32. The van der Waals surface area contributed by atoms with Gasteiger partial charge in [-0.3, -0.25) is 0 Å². The average molecular weight is 251 g/mol. The molecule has 0 amide bonds. The smallest absolute Gasteiger partial charge is 0.399 e. The topological polar surface area (TPSA) is 30.5 Å². The molecule has 1 aromatic rings. The molecule has 0 bridgehead atoms. The fourth-order valence-electron chi connectivity index (χ4n) is 1.92. The maximum absolute atomic E-state index is 13.2. The second kappa shape index (κ2) is 4.25. The Hall–Kier alpha value is -1.07. The van der Waals surface area contributed by atoms with Crippen molar-refractivity contribution in [1.82, 2.24) is 0 Å². The summed E-state index contributed by atoms with van der Waals surface area (Å²) in [4.78, 5) is 0. The number of hydrogen-bond donors (Lipinski definition) is 1. The molecule has 2 rings (SSSR count). The van der Waals surface area contributed by atoms with Crippen LogP contribution in [0.1, 0.15) is 27.7 Å². The zero-order valence-corrected chi connectivity index (χ0v) is 11.5. The lowest BCUT2D eigenvalue weighted by atomic mass is 9.78. The third-order valence-electron chi connectivity index (χ3n) is 3.79. The van der Waals surface area contributed by atoms with Gasteiger partial charge in [0.05, 0.1) is 11.2 Å². The number of rotatable bonds is 2. The molecule has 0 radical (unpaired) electrons. The van der Waals surface area contributed by atoms with Gasteiger partial charge >= 0.3 is 7.12 Å². The molecule has 1 aliphatic heterocycles. The van der Waals surface area contributed by atoms with E-state index in [2.05, 4.69) is 5.32 Å².